The SMILES string of the molecule is CC(=O)Nc1cc(NC(=O)CCCCl)ccc1C. The fourth-order valence-corrected chi connectivity index (χ4v) is 1.61. The van der Waals surface area contributed by atoms with Crippen molar-refractivity contribution in [1.82, 2.24) is 0 Å². The molecule has 0 bridgehead atoms. The van der Waals surface area contributed by atoms with E-state index in [2.05, 4.69) is 10.6 Å². The Morgan fingerprint density at radius 3 is 2.61 bits per heavy atom. The summed E-state index contributed by atoms with van der Waals surface area (Å²) in [5.41, 5.74) is 2.32. The molecule has 0 atom stereocenters. The molecule has 0 fully saturated rings. The third-order valence-electron chi connectivity index (χ3n) is 2.37. The van der Waals surface area contributed by atoms with Crippen LogP contribution in [0, 0.1) is 6.92 Å². The van der Waals surface area contributed by atoms with Crippen LogP contribution in [0.25, 0.3) is 0 Å². The van der Waals surface area contributed by atoms with Crippen molar-refractivity contribution in [2.45, 2.75) is 26.7 Å². The maximum absolute atomic E-state index is 11.5. The highest BCUT2D eigenvalue weighted by molar-refractivity contribution is 6.18. The monoisotopic (exact) mass is 268 g/mol. The molecular weight excluding hydrogens is 252 g/mol. The molecule has 98 valence electrons. The molecule has 0 radical (unpaired) electrons. The van der Waals surface area contributed by atoms with Gasteiger partial charge in [-0.05, 0) is 31.0 Å². The first-order chi connectivity index (χ1) is 8.52. The first-order valence-electron chi connectivity index (χ1n) is 5.77. The van der Waals surface area contributed by atoms with Crippen molar-refractivity contribution in [3.8, 4) is 0 Å². The number of hydrogen-bond donors (Lipinski definition) is 2. The van der Waals surface area contributed by atoms with Crippen LogP contribution in [0.3, 0.4) is 0 Å². The van der Waals surface area contributed by atoms with E-state index in [0.29, 0.717) is 30.1 Å². The summed E-state index contributed by atoms with van der Waals surface area (Å²) in [6.07, 6.45) is 1.05. The van der Waals surface area contributed by atoms with Crippen molar-refractivity contribution >= 4 is 34.8 Å². The molecular formula is C13H17ClN2O2. The normalized spacial score (nSPS) is 9.94. The van der Waals surface area contributed by atoms with Gasteiger partial charge in [0.05, 0.1) is 0 Å². The largest absolute Gasteiger partial charge is 0.326 e. The zero-order valence-electron chi connectivity index (χ0n) is 10.5. The van der Waals surface area contributed by atoms with E-state index < -0.39 is 0 Å². The smallest absolute Gasteiger partial charge is 0.224 e. The first-order valence-corrected chi connectivity index (χ1v) is 6.30. The van der Waals surface area contributed by atoms with Gasteiger partial charge in [-0.3, -0.25) is 9.59 Å². The number of carbonyl (C=O) groups is 2. The van der Waals surface area contributed by atoms with Gasteiger partial charge in [-0.15, -0.1) is 11.6 Å². The first kappa shape index (κ1) is 14.5. The van der Waals surface area contributed by atoms with Crippen LogP contribution >= 0.6 is 11.6 Å². The maximum atomic E-state index is 11.5. The summed E-state index contributed by atoms with van der Waals surface area (Å²) in [4.78, 5) is 22.6. The summed E-state index contributed by atoms with van der Waals surface area (Å²) in [5, 5.41) is 5.49. The van der Waals surface area contributed by atoms with Crippen LogP contribution in [0.15, 0.2) is 18.2 Å². The van der Waals surface area contributed by atoms with Crippen molar-refractivity contribution < 1.29 is 9.59 Å². The molecule has 18 heavy (non-hydrogen) atoms. The van der Waals surface area contributed by atoms with Gasteiger partial charge >= 0.3 is 0 Å². The molecule has 2 N–H and O–H groups in total. The van der Waals surface area contributed by atoms with E-state index in [1.807, 2.05) is 13.0 Å². The molecule has 0 saturated carbocycles. The highest BCUT2D eigenvalue weighted by Crippen LogP contribution is 2.20. The molecule has 1 aromatic carbocycles. The molecule has 0 unspecified atom stereocenters. The second kappa shape index (κ2) is 7.01. The summed E-state index contributed by atoms with van der Waals surface area (Å²) in [5.74, 6) is 0.260. The molecule has 0 aromatic heterocycles. The molecule has 4 nitrogen and oxygen atoms in total. The average Bonchev–Trinajstić information content (AvgIpc) is 2.30. The summed E-state index contributed by atoms with van der Waals surface area (Å²) in [6.45, 7) is 3.34. The third kappa shape index (κ3) is 4.75. The Morgan fingerprint density at radius 2 is 2.00 bits per heavy atom. The Kier molecular flexibility index (Phi) is 5.65. The zero-order chi connectivity index (χ0) is 13.5. The molecule has 2 amide bonds. The lowest BCUT2D eigenvalue weighted by molar-refractivity contribution is -0.116. The lowest BCUT2D eigenvalue weighted by Gasteiger charge is -2.10. The van der Waals surface area contributed by atoms with Crippen molar-refractivity contribution in [2.24, 2.45) is 0 Å². The van der Waals surface area contributed by atoms with E-state index in [9.17, 15) is 9.59 Å². The highest BCUT2D eigenvalue weighted by atomic mass is 35.5. The average molecular weight is 269 g/mol. The highest BCUT2D eigenvalue weighted by Gasteiger charge is 2.05. The Bertz CT molecular complexity index is 447. The topological polar surface area (TPSA) is 58.2 Å². The molecule has 0 aliphatic carbocycles. The molecule has 0 aliphatic heterocycles. The van der Waals surface area contributed by atoms with Gasteiger partial charge in [-0.25, -0.2) is 0 Å². The predicted molar refractivity (Wildman–Crippen MR) is 74.1 cm³/mol. The number of halogens is 1. The molecule has 0 heterocycles. The number of alkyl halides is 1. The number of carbonyl (C=O) groups excluding carboxylic acids is 2. The standard InChI is InChI=1S/C13H17ClN2O2/c1-9-5-6-11(8-12(9)15-10(2)17)16-13(18)4-3-7-14/h5-6,8H,3-4,7H2,1-2H3,(H,15,17)(H,16,18). The van der Waals surface area contributed by atoms with Crippen molar-refractivity contribution in [1.29, 1.82) is 0 Å². The van der Waals surface area contributed by atoms with Crippen LogP contribution < -0.4 is 10.6 Å². The van der Waals surface area contributed by atoms with Crippen molar-refractivity contribution in [3.05, 3.63) is 23.8 Å². The number of hydrogen-bond acceptors (Lipinski definition) is 2. The van der Waals surface area contributed by atoms with Crippen molar-refractivity contribution in [2.75, 3.05) is 16.5 Å². The summed E-state index contributed by atoms with van der Waals surface area (Å²) in [6, 6.07) is 5.40. The van der Waals surface area contributed by atoms with Crippen LogP contribution in [0.1, 0.15) is 25.3 Å². The van der Waals surface area contributed by atoms with E-state index in [4.69, 9.17) is 11.6 Å². The quantitative estimate of drug-likeness (QED) is 0.807. The number of anilines is 2. The van der Waals surface area contributed by atoms with Crippen LogP contribution in [0.4, 0.5) is 11.4 Å². The number of nitrogens with one attached hydrogen (secondary N) is 2. The minimum atomic E-state index is -0.135. The van der Waals surface area contributed by atoms with Gasteiger partial charge < -0.3 is 10.6 Å². The lowest BCUT2D eigenvalue weighted by atomic mass is 10.1. The molecule has 0 saturated heterocycles. The van der Waals surface area contributed by atoms with Gasteiger partial charge in [0.15, 0.2) is 0 Å². The Labute approximate surface area is 112 Å². The van der Waals surface area contributed by atoms with E-state index >= 15 is 0 Å². The van der Waals surface area contributed by atoms with Gasteiger partial charge in [-0.1, -0.05) is 6.07 Å². The van der Waals surface area contributed by atoms with Crippen LogP contribution in [0.2, 0.25) is 0 Å². The van der Waals surface area contributed by atoms with E-state index in [1.165, 1.54) is 6.92 Å². The van der Waals surface area contributed by atoms with E-state index in [0.717, 1.165) is 5.56 Å². The maximum Gasteiger partial charge on any atom is 0.224 e. The van der Waals surface area contributed by atoms with Crippen LogP contribution in [-0.4, -0.2) is 17.7 Å². The number of amides is 2. The molecule has 1 rings (SSSR count). The number of aryl methyl sites for hydroxylation is 1. The summed E-state index contributed by atoms with van der Waals surface area (Å²) >= 11 is 5.52. The fourth-order valence-electron chi connectivity index (χ4n) is 1.47. The van der Waals surface area contributed by atoms with Gasteiger partial charge in [0.25, 0.3) is 0 Å². The van der Waals surface area contributed by atoms with Gasteiger partial charge in [0.1, 0.15) is 0 Å². The second-order valence-electron chi connectivity index (χ2n) is 4.05. The zero-order valence-corrected chi connectivity index (χ0v) is 11.3. The Hall–Kier alpha value is -1.55. The fraction of sp³-hybridized carbons (Fsp3) is 0.385. The number of benzene rings is 1. The van der Waals surface area contributed by atoms with E-state index in [1.54, 1.807) is 12.1 Å². The molecule has 1 aromatic rings. The molecule has 5 heteroatoms. The third-order valence-corrected chi connectivity index (χ3v) is 2.64. The molecule has 0 spiro atoms. The predicted octanol–water partition coefficient (Wildman–Crippen LogP) is 2.91. The Balaban J connectivity index is 2.72. The van der Waals surface area contributed by atoms with Gasteiger partial charge in [0.2, 0.25) is 11.8 Å². The minimum Gasteiger partial charge on any atom is -0.326 e. The van der Waals surface area contributed by atoms with E-state index in [-0.39, 0.29) is 11.8 Å². The minimum absolute atomic E-state index is 0.0757. The number of rotatable bonds is 5. The van der Waals surface area contributed by atoms with Crippen molar-refractivity contribution in [3.63, 3.8) is 0 Å². The van der Waals surface area contributed by atoms with Crippen LogP contribution in [-0.2, 0) is 9.59 Å². The molecule has 0 aliphatic rings. The van der Waals surface area contributed by atoms with Gasteiger partial charge in [0, 0.05) is 30.6 Å². The Morgan fingerprint density at radius 1 is 1.28 bits per heavy atom. The second-order valence-corrected chi connectivity index (χ2v) is 4.43. The lowest BCUT2D eigenvalue weighted by Crippen LogP contribution is -2.12. The summed E-state index contributed by atoms with van der Waals surface area (Å²) in [7, 11) is 0. The van der Waals surface area contributed by atoms with Crippen LogP contribution in [0.5, 0.6) is 0 Å². The van der Waals surface area contributed by atoms with Gasteiger partial charge in [-0.2, -0.15) is 0 Å². The summed E-state index contributed by atoms with van der Waals surface area (Å²) < 4.78 is 0.